The number of aromatic nitrogens is 2. The summed E-state index contributed by atoms with van der Waals surface area (Å²) in [5.74, 6) is 0.608. The monoisotopic (exact) mass is 391 g/mol. The number of fused-ring (bicyclic) bond motifs is 1. The van der Waals surface area contributed by atoms with Gasteiger partial charge in [0.05, 0.1) is 16.9 Å². The number of hydrogen-bond donors (Lipinski definition) is 1. The van der Waals surface area contributed by atoms with Crippen LogP contribution >= 0.6 is 11.6 Å². The average molecular weight is 392 g/mol. The molecule has 7 heteroatoms. The molecule has 0 radical (unpaired) electrons. The normalized spacial score (nSPS) is 13.6. The first kappa shape index (κ1) is 17.9. The predicted octanol–water partition coefficient (Wildman–Crippen LogP) is 5.80. The Balaban J connectivity index is 1.95. The van der Waals surface area contributed by atoms with Gasteiger partial charge < -0.3 is 5.32 Å². The SMILES string of the molecule is Cc1cc(C)cc(-c2nn(-c3ccc(Cl)cc3C(F)(F)F)c3c2CCN3)c1. The van der Waals surface area contributed by atoms with Gasteiger partial charge in [-0.3, -0.25) is 0 Å². The number of alkyl halides is 3. The molecule has 1 aromatic heterocycles. The maximum Gasteiger partial charge on any atom is 0.418 e. The van der Waals surface area contributed by atoms with E-state index in [4.69, 9.17) is 11.6 Å². The Morgan fingerprint density at radius 2 is 1.78 bits per heavy atom. The van der Waals surface area contributed by atoms with Gasteiger partial charge in [-0.1, -0.05) is 28.8 Å². The van der Waals surface area contributed by atoms with E-state index < -0.39 is 11.7 Å². The van der Waals surface area contributed by atoms with E-state index in [2.05, 4.69) is 16.5 Å². The molecule has 1 N–H and O–H groups in total. The fourth-order valence-electron chi connectivity index (χ4n) is 3.61. The number of rotatable bonds is 2. The third kappa shape index (κ3) is 3.18. The Labute approximate surface area is 159 Å². The van der Waals surface area contributed by atoms with Gasteiger partial charge in [0.15, 0.2) is 0 Å². The molecular formula is C20H17ClF3N3. The number of halogens is 4. The fraction of sp³-hybridized carbons (Fsp3) is 0.250. The molecule has 0 atom stereocenters. The van der Waals surface area contributed by atoms with Crippen molar-refractivity contribution in [2.45, 2.75) is 26.4 Å². The molecular weight excluding hydrogens is 375 g/mol. The van der Waals surface area contributed by atoms with Crippen molar-refractivity contribution in [2.24, 2.45) is 0 Å². The zero-order valence-corrected chi connectivity index (χ0v) is 15.5. The van der Waals surface area contributed by atoms with Gasteiger partial charge in [-0.25, -0.2) is 4.68 Å². The summed E-state index contributed by atoms with van der Waals surface area (Å²) < 4.78 is 42.1. The van der Waals surface area contributed by atoms with Crippen LogP contribution in [-0.4, -0.2) is 16.3 Å². The van der Waals surface area contributed by atoms with Crippen molar-refractivity contribution in [3.05, 3.63) is 63.7 Å². The van der Waals surface area contributed by atoms with E-state index in [0.29, 0.717) is 24.5 Å². The summed E-state index contributed by atoms with van der Waals surface area (Å²) in [6.07, 6.45) is -3.82. The molecule has 0 aliphatic carbocycles. The smallest absolute Gasteiger partial charge is 0.369 e. The first-order chi connectivity index (χ1) is 12.7. The molecule has 27 heavy (non-hydrogen) atoms. The van der Waals surface area contributed by atoms with Gasteiger partial charge >= 0.3 is 6.18 Å². The largest absolute Gasteiger partial charge is 0.418 e. The Hall–Kier alpha value is -2.47. The highest BCUT2D eigenvalue weighted by Gasteiger charge is 2.36. The van der Waals surface area contributed by atoms with Crippen molar-refractivity contribution >= 4 is 17.4 Å². The lowest BCUT2D eigenvalue weighted by atomic mass is 10.0. The van der Waals surface area contributed by atoms with Gasteiger partial charge in [-0.15, -0.1) is 0 Å². The van der Waals surface area contributed by atoms with Crippen molar-refractivity contribution in [2.75, 3.05) is 11.9 Å². The lowest BCUT2D eigenvalue weighted by molar-refractivity contribution is -0.137. The number of nitrogens with one attached hydrogen (secondary N) is 1. The standard InChI is InChI=1S/C20H17ClF3N3/c1-11-7-12(2)9-13(8-11)18-15-5-6-25-19(15)27(26-18)17-4-3-14(21)10-16(17)20(22,23)24/h3-4,7-10,25H,5-6H2,1-2H3. The first-order valence-electron chi connectivity index (χ1n) is 8.55. The van der Waals surface area contributed by atoms with E-state index in [0.717, 1.165) is 28.3 Å². The second-order valence-electron chi connectivity index (χ2n) is 6.80. The van der Waals surface area contributed by atoms with Crippen molar-refractivity contribution < 1.29 is 13.2 Å². The number of benzene rings is 2. The van der Waals surface area contributed by atoms with Crippen LogP contribution in [0.15, 0.2) is 36.4 Å². The van der Waals surface area contributed by atoms with Crippen LogP contribution in [0.2, 0.25) is 5.02 Å². The second-order valence-corrected chi connectivity index (χ2v) is 7.24. The molecule has 0 spiro atoms. The molecule has 2 aromatic carbocycles. The number of anilines is 1. The number of aryl methyl sites for hydroxylation is 2. The van der Waals surface area contributed by atoms with Gasteiger partial charge in [-0.05, 0) is 50.6 Å². The zero-order valence-electron chi connectivity index (χ0n) is 14.8. The van der Waals surface area contributed by atoms with Crippen LogP contribution in [0.1, 0.15) is 22.3 Å². The first-order valence-corrected chi connectivity index (χ1v) is 8.93. The Bertz CT molecular complexity index is 1020. The minimum atomic E-state index is -4.53. The third-order valence-corrected chi connectivity index (χ3v) is 4.87. The maximum absolute atomic E-state index is 13.6. The molecule has 0 amide bonds. The molecule has 0 unspecified atom stereocenters. The molecule has 4 rings (SSSR count). The summed E-state index contributed by atoms with van der Waals surface area (Å²) >= 11 is 5.82. The Morgan fingerprint density at radius 3 is 2.44 bits per heavy atom. The van der Waals surface area contributed by atoms with E-state index in [1.54, 1.807) is 0 Å². The molecule has 0 fully saturated rings. The molecule has 0 bridgehead atoms. The number of nitrogens with zero attached hydrogens (tertiary/aromatic N) is 2. The molecule has 1 aliphatic heterocycles. The number of hydrogen-bond acceptors (Lipinski definition) is 2. The predicted molar refractivity (Wildman–Crippen MR) is 101 cm³/mol. The summed E-state index contributed by atoms with van der Waals surface area (Å²) in [5.41, 5.74) is 3.89. The van der Waals surface area contributed by atoms with Crippen LogP contribution in [0.3, 0.4) is 0 Å². The Kier molecular flexibility index (Phi) is 4.18. The van der Waals surface area contributed by atoms with Gasteiger partial charge in [0.1, 0.15) is 5.82 Å². The zero-order chi connectivity index (χ0) is 19.3. The molecule has 0 saturated carbocycles. The van der Waals surface area contributed by atoms with E-state index in [1.807, 2.05) is 26.0 Å². The fourth-order valence-corrected chi connectivity index (χ4v) is 3.78. The van der Waals surface area contributed by atoms with Crippen LogP contribution in [-0.2, 0) is 12.6 Å². The molecule has 0 saturated heterocycles. The van der Waals surface area contributed by atoms with Crippen LogP contribution in [0.5, 0.6) is 0 Å². The maximum atomic E-state index is 13.6. The quantitative estimate of drug-likeness (QED) is 0.598. The van der Waals surface area contributed by atoms with E-state index in [1.165, 1.54) is 16.8 Å². The van der Waals surface area contributed by atoms with Crippen molar-refractivity contribution in [3.8, 4) is 16.9 Å². The van der Waals surface area contributed by atoms with Gasteiger partial charge in [0.2, 0.25) is 0 Å². The summed E-state index contributed by atoms with van der Waals surface area (Å²) in [6, 6.07) is 9.82. The van der Waals surface area contributed by atoms with Crippen LogP contribution in [0, 0.1) is 13.8 Å². The van der Waals surface area contributed by atoms with Crippen molar-refractivity contribution in [1.29, 1.82) is 0 Å². The summed E-state index contributed by atoms with van der Waals surface area (Å²) in [5, 5.41) is 7.79. The summed E-state index contributed by atoms with van der Waals surface area (Å²) in [6.45, 7) is 4.65. The van der Waals surface area contributed by atoms with E-state index >= 15 is 0 Å². The molecule has 1 aliphatic rings. The highest BCUT2D eigenvalue weighted by atomic mass is 35.5. The lowest BCUT2D eigenvalue weighted by Gasteiger charge is -2.15. The average Bonchev–Trinajstić information content (AvgIpc) is 3.15. The third-order valence-electron chi connectivity index (χ3n) is 4.64. The molecule has 3 aromatic rings. The van der Waals surface area contributed by atoms with Crippen LogP contribution in [0.4, 0.5) is 19.0 Å². The van der Waals surface area contributed by atoms with Crippen LogP contribution in [0.25, 0.3) is 16.9 Å². The second kappa shape index (κ2) is 6.30. The van der Waals surface area contributed by atoms with Gasteiger partial charge in [0.25, 0.3) is 0 Å². The van der Waals surface area contributed by atoms with Gasteiger partial charge in [-0.2, -0.15) is 18.3 Å². The minimum absolute atomic E-state index is 0.0341. The lowest BCUT2D eigenvalue weighted by Crippen LogP contribution is -2.13. The highest BCUT2D eigenvalue weighted by Crippen LogP contribution is 2.40. The molecule has 2 heterocycles. The molecule has 3 nitrogen and oxygen atoms in total. The van der Waals surface area contributed by atoms with Crippen molar-refractivity contribution in [3.63, 3.8) is 0 Å². The van der Waals surface area contributed by atoms with E-state index in [-0.39, 0.29) is 10.7 Å². The van der Waals surface area contributed by atoms with Crippen molar-refractivity contribution in [1.82, 2.24) is 9.78 Å². The Morgan fingerprint density at radius 1 is 1.07 bits per heavy atom. The van der Waals surface area contributed by atoms with Crippen LogP contribution < -0.4 is 5.32 Å². The van der Waals surface area contributed by atoms with Gasteiger partial charge in [0, 0.05) is 22.7 Å². The highest BCUT2D eigenvalue weighted by molar-refractivity contribution is 6.30. The molecule has 140 valence electrons. The summed E-state index contributed by atoms with van der Waals surface area (Å²) in [7, 11) is 0. The summed E-state index contributed by atoms with van der Waals surface area (Å²) in [4.78, 5) is 0. The topological polar surface area (TPSA) is 29.9 Å². The van der Waals surface area contributed by atoms with E-state index in [9.17, 15) is 13.2 Å². The minimum Gasteiger partial charge on any atom is -0.369 e.